The van der Waals surface area contributed by atoms with Crippen molar-refractivity contribution in [3.63, 3.8) is 0 Å². The molecule has 150 valence electrons. The summed E-state index contributed by atoms with van der Waals surface area (Å²) in [4.78, 5) is 14.5. The van der Waals surface area contributed by atoms with Crippen LogP contribution in [0, 0.1) is 5.92 Å². The van der Waals surface area contributed by atoms with Crippen LogP contribution in [0.5, 0.6) is 0 Å². The molecule has 2 heterocycles. The summed E-state index contributed by atoms with van der Waals surface area (Å²) in [6, 6.07) is 17.6. The summed E-state index contributed by atoms with van der Waals surface area (Å²) in [7, 11) is 0. The molecule has 3 aromatic rings. The van der Waals surface area contributed by atoms with E-state index in [1.807, 2.05) is 42.5 Å². The van der Waals surface area contributed by atoms with Crippen LogP contribution in [0.4, 0.5) is 5.69 Å². The van der Waals surface area contributed by atoms with Gasteiger partial charge in [-0.15, -0.1) is 10.2 Å². The Morgan fingerprint density at radius 2 is 2.00 bits per heavy atom. The lowest BCUT2D eigenvalue weighted by Crippen LogP contribution is -2.32. The largest absolute Gasteiger partial charge is 0.376 e. The maximum Gasteiger partial charge on any atom is 0.238 e. The predicted molar refractivity (Wildman–Crippen MR) is 109 cm³/mol. The van der Waals surface area contributed by atoms with Gasteiger partial charge in [0.1, 0.15) is 0 Å². The number of benzene rings is 2. The Hall–Kier alpha value is -3.10. The summed E-state index contributed by atoms with van der Waals surface area (Å²) in [5.41, 5.74) is 2.78. The Balaban J connectivity index is 1.18. The van der Waals surface area contributed by atoms with Crippen molar-refractivity contribution in [1.29, 1.82) is 0 Å². The number of rotatable bonds is 8. The van der Waals surface area contributed by atoms with Gasteiger partial charge in [0.15, 0.2) is 0 Å². The van der Waals surface area contributed by atoms with Gasteiger partial charge in [-0.05, 0) is 53.9 Å². The van der Waals surface area contributed by atoms with Crippen molar-refractivity contribution in [2.24, 2.45) is 5.92 Å². The highest BCUT2D eigenvalue weighted by atomic mass is 16.5. The Kier molecular flexibility index (Phi) is 6.23. The van der Waals surface area contributed by atoms with Crippen molar-refractivity contribution in [2.45, 2.75) is 13.0 Å². The number of tetrazole rings is 1. The van der Waals surface area contributed by atoms with Crippen molar-refractivity contribution in [1.82, 2.24) is 25.5 Å². The van der Waals surface area contributed by atoms with E-state index in [1.165, 1.54) is 5.56 Å². The molecule has 1 amide bonds. The first kappa shape index (κ1) is 19.2. The summed E-state index contributed by atoms with van der Waals surface area (Å²) in [6.45, 7) is 3.56. The number of hydrogen-bond donors (Lipinski definition) is 2. The number of aromatic nitrogens is 4. The first-order chi connectivity index (χ1) is 14.3. The summed E-state index contributed by atoms with van der Waals surface area (Å²) in [5, 5.41) is 16.8. The molecule has 1 fully saturated rings. The molecule has 8 heteroatoms. The quantitative estimate of drug-likeness (QED) is 0.611. The van der Waals surface area contributed by atoms with Crippen LogP contribution in [0.15, 0.2) is 54.6 Å². The van der Waals surface area contributed by atoms with Crippen molar-refractivity contribution >= 4 is 11.6 Å². The molecule has 8 nitrogen and oxygen atoms in total. The molecular weight excluding hydrogens is 368 g/mol. The second-order valence-corrected chi connectivity index (χ2v) is 7.25. The lowest BCUT2D eigenvalue weighted by Gasteiger charge is -2.16. The Morgan fingerprint density at radius 1 is 1.17 bits per heavy atom. The van der Waals surface area contributed by atoms with E-state index in [0.29, 0.717) is 24.9 Å². The number of anilines is 1. The molecule has 1 saturated heterocycles. The van der Waals surface area contributed by atoms with E-state index in [4.69, 9.17) is 4.74 Å². The zero-order valence-corrected chi connectivity index (χ0v) is 16.1. The van der Waals surface area contributed by atoms with Gasteiger partial charge in [-0.25, -0.2) is 0 Å². The van der Waals surface area contributed by atoms with E-state index in [9.17, 15) is 4.79 Å². The third kappa shape index (κ3) is 5.46. The van der Waals surface area contributed by atoms with Crippen LogP contribution in [-0.4, -0.2) is 57.7 Å². The normalized spacial score (nSPS) is 16.8. The van der Waals surface area contributed by atoms with E-state index < -0.39 is 0 Å². The number of carbonyl (C=O) groups is 1. The van der Waals surface area contributed by atoms with Gasteiger partial charge in [0.2, 0.25) is 11.7 Å². The molecule has 29 heavy (non-hydrogen) atoms. The third-order valence-corrected chi connectivity index (χ3v) is 4.97. The molecule has 0 aliphatic carbocycles. The molecule has 1 aliphatic heterocycles. The van der Waals surface area contributed by atoms with Gasteiger partial charge >= 0.3 is 0 Å². The molecule has 0 spiro atoms. The van der Waals surface area contributed by atoms with E-state index in [-0.39, 0.29) is 5.91 Å². The summed E-state index contributed by atoms with van der Waals surface area (Å²) in [5.74, 6) is 0.990. The van der Waals surface area contributed by atoms with Crippen molar-refractivity contribution in [3.8, 4) is 11.4 Å². The molecule has 1 unspecified atom stereocenters. The van der Waals surface area contributed by atoms with Gasteiger partial charge in [0, 0.05) is 17.8 Å². The van der Waals surface area contributed by atoms with E-state index >= 15 is 0 Å². The van der Waals surface area contributed by atoms with Crippen molar-refractivity contribution in [3.05, 3.63) is 60.2 Å². The molecule has 0 radical (unpaired) electrons. The molecule has 1 aliphatic rings. The van der Waals surface area contributed by atoms with Gasteiger partial charge in [0.25, 0.3) is 0 Å². The zero-order chi connectivity index (χ0) is 19.9. The van der Waals surface area contributed by atoms with Gasteiger partial charge < -0.3 is 10.1 Å². The summed E-state index contributed by atoms with van der Waals surface area (Å²) in [6.07, 6.45) is 1.06. The van der Waals surface area contributed by atoms with Crippen molar-refractivity contribution in [2.75, 3.05) is 31.6 Å². The number of aromatic amines is 1. The number of H-pyrrole nitrogens is 1. The fourth-order valence-electron chi connectivity index (χ4n) is 3.50. The highest BCUT2D eigenvalue weighted by molar-refractivity contribution is 5.92. The lowest BCUT2D eigenvalue weighted by molar-refractivity contribution is -0.117. The number of nitrogens with zero attached hydrogens (tertiary/aromatic N) is 4. The number of likely N-dealkylation sites (tertiary alicyclic amines) is 1. The number of carbonyl (C=O) groups excluding carboxylic acids is 1. The van der Waals surface area contributed by atoms with E-state index in [0.717, 1.165) is 37.4 Å². The molecule has 2 N–H and O–H groups in total. The van der Waals surface area contributed by atoms with Crippen LogP contribution in [-0.2, 0) is 16.1 Å². The minimum atomic E-state index is -0.0110. The van der Waals surface area contributed by atoms with E-state index in [2.05, 4.69) is 43.0 Å². The second kappa shape index (κ2) is 9.40. The fraction of sp³-hybridized carbons (Fsp3) is 0.333. The van der Waals surface area contributed by atoms with Gasteiger partial charge in [0.05, 0.1) is 19.8 Å². The molecule has 0 bridgehead atoms. The minimum Gasteiger partial charge on any atom is -0.376 e. The number of nitrogens with one attached hydrogen (secondary N) is 2. The molecule has 0 saturated carbocycles. The maximum absolute atomic E-state index is 12.4. The van der Waals surface area contributed by atoms with Gasteiger partial charge in [-0.2, -0.15) is 5.21 Å². The van der Waals surface area contributed by atoms with Crippen LogP contribution >= 0.6 is 0 Å². The van der Waals surface area contributed by atoms with E-state index in [1.54, 1.807) is 0 Å². The molecule has 2 aromatic carbocycles. The highest BCUT2D eigenvalue weighted by Gasteiger charge is 2.24. The van der Waals surface area contributed by atoms with Crippen LogP contribution in [0.3, 0.4) is 0 Å². The monoisotopic (exact) mass is 392 g/mol. The number of hydrogen-bond acceptors (Lipinski definition) is 6. The zero-order valence-electron chi connectivity index (χ0n) is 16.1. The number of amides is 1. The van der Waals surface area contributed by atoms with Crippen LogP contribution in [0.25, 0.3) is 11.4 Å². The number of ether oxygens (including phenoxy) is 1. The van der Waals surface area contributed by atoms with Crippen LogP contribution in [0.1, 0.15) is 12.0 Å². The SMILES string of the molecule is O=C(CN1CCC(COCc2ccccc2)C1)Nc1ccc(-c2nn[nH]n2)cc1. The standard InChI is InChI=1S/C21H24N6O2/c28-20(22-19-8-6-18(7-9-19)21-23-25-26-24-21)13-27-11-10-17(12-27)15-29-14-16-4-2-1-3-5-16/h1-9,17H,10-15H2,(H,22,28)(H,23,24,25,26). The maximum atomic E-state index is 12.4. The average Bonchev–Trinajstić information content (AvgIpc) is 3.42. The molecule has 1 atom stereocenters. The lowest BCUT2D eigenvalue weighted by atomic mass is 10.1. The van der Waals surface area contributed by atoms with Gasteiger partial charge in [-0.3, -0.25) is 9.69 Å². The molecule has 4 rings (SSSR count). The predicted octanol–water partition coefficient (Wildman–Crippen LogP) is 2.34. The Morgan fingerprint density at radius 3 is 2.76 bits per heavy atom. The fourth-order valence-corrected chi connectivity index (χ4v) is 3.50. The second-order valence-electron chi connectivity index (χ2n) is 7.25. The van der Waals surface area contributed by atoms with Crippen molar-refractivity contribution < 1.29 is 9.53 Å². The van der Waals surface area contributed by atoms with Crippen LogP contribution < -0.4 is 5.32 Å². The smallest absolute Gasteiger partial charge is 0.238 e. The Bertz CT molecular complexity index is 899. The average molecular weight is 392 g/mol. The first-order valence-electron chi connectivity index (χ1n) is 9.74. The third-order valence-electron chi connectivity index (χ3n) is 4.97. The van der Waals surface area contributed by atoms with Gasteiger partial charge in [-0.1, -0.05) is 30.3 Å². The molecular formula is C21H24N6O2. The summed E-state index contributed by atoms with van der Waals surface area (Å²) >= 11 is 0. The summed E-state index contributed by atoms with van der Waals surface area (Å²) < 4.78 is 5.85. The molecule has 1 aromatic heterocycles. The topological polar surface area (TPSA) is 96.0 Å². The first-order valence-corrected chi connectivity index (χ1v) is 9.74. The Labute approximate surface area is 169 Å². The van der Waals surface area contributed by atoms with Crippen LogP contribution in [0.2, 0.25) is 0 Å². The minimum absolute atomic E-state index is 0.0110. The highest BCUT2D eigenvalue weighted by Crippen LogP contribution is 2.19.